The van der Waals surface area contributed by atoms with Gasteiger partial charge in [-0.15, -0.1) is 13.2 Å². The highest BCUT2D eigenvalue weighted by atomic mass is 19.4. The van der Waals surface area contributed by atoms with Gasteiger partial charge < -0.3 is 14.2 Å². The Hall–Kier alpha value is -1.96. The maximum absolute atomic E-state index is 11.9. The van der Waals surface area contributed by atoms with E-state index < -0.39 is 25.0 Å². The second kappa shape index (κ2) is 5.58. The van der Waals surface area contributed by atoms with Crippen molar-refractivity contribution in [3.63, 3.8) is 0 Å². The van der Waals surface area contributed by atoms with Gasteiger partial charge in [0.25, 0.3) is 0 Å². The van der Waals surface area contributed by atoms with Crippen LogP contribution in [0.4, 0.5) is 13.2 Å². The highest BCUT2D eigenvalue weighted by molar-refractivity contribution is 5.90. The number of methoxy groups -OCH3 is 1. The first kappa shape index (κ1) is 14.4. The largest absolute Gasteiger partial charge is 0.522 e. The number of benzene rings is 1. The summed E-state index contributed by atoms with van der Waals surface area (Å²) in [5.41, 5.74) is 0.264. The number of esters is 1. The van der Waals surface area contributed by atoms with E-state index in [1.807, 2.05) is 0 Å². The van der Waals surface area contributed by atoms with Gasteiger partial charge in [-0.05, 0) is 18.2 Å². The molecule has 0 fully saturated rings. The molecule has 0 bridgehead atoms. The molecule has 110 valence electrons. The van der Waals surface area contributed by atoms with Crippen LogP contribution in [0, 0.1) is 0 Å². The van der Waals surface area contributed by atoms with Gasteiger partial charge >= 0.3 is 12.3 Å². The molecule has 1 aliphatic heterocycles. The molecule has 0 saturated heterocycles. The van der Waals surface area contributed by atoms with E-state index in [0.29, 0.717) is 0 Å². The first-order valence-electron chi connectivity index (χ1n) is 5.61. The maximum atomic E-state index is 11.9. The molecule has 2 rings (SSSR count). The van der Waals surface area contributed by atoms with E-state index in [0.717, 1.165) is 0 Å². The van der Waals surface area contributed by atoms with Gasteiger partial charge in [-0.1, -0.05) is 0 Å². The Morgan fingerprint density at radius 3 is 2.80 bits per heavy atom. The van der Waals surface area contributed by atoms with E-state index in [1.165, 1.54) is 25.3 Å². The molecule has 0 saturated carbocycles. The van der Waals surface area contributed by atoms with Crippen LogP contribution in [0.5, 0.6) is 11.5 Å². The van der Waals surface area contributed by atoms with Gasteiger partial charge in [-0.25, -0.2) is 4.79 Å². The standard InChI is InChI=1S/C12H11F3O5/c1-17-11(16)7-2-3-9-10(4-7)18-5-8(20-9)6-19-12(13,14)15/h2-4,8H,5-6H2,1H3. The lowest BCUT2D eigenvalue weighted by Gasteiger charge is -2.26. The van der Waals surface area contributed by atoms with Crippen molar-refractivity contribution in [1.82, 2.24) is 0 Å². The fourth-order valence-electron chi connectivity index (χ4n) is 1.63. The summed E-state index contributed by atoms with van der Waals surface area (Å²) < 4.78 is 54.5. The van der Waals surface area contributed by atoms with Gasteiger partial charge in [-0.2, -0.15) is 0 Å². The second-order valence-corrected chi connectivity index (χ2v) is 3.96. The van der Waals surface area contributed by atoms with Crippen molar-refractivity contribution in [1.29, 1.82) is 0 Å². The van der Waals surface area contributed by atoms with Crippen molar-refractivity contribution in [3.8, 4) is 11.5 Å². The van der Waals surface area contributed by atoms with Crippen LogP contribution >= 0.6 is 0 Å². The summed E-state index contributed by atoms with van der Waals surface area (Å²) in [7, 11) is 1.24. The fraction of sp³-hybridized carbons (Fsp3) is 0.417. The van der Waals surface area contributed by atoms with Crippen LogP contribution < -0.4 is 9.47 Å². The number of fused-ring (bicyclic) bond motifs is 1. The Bertz CT molecular complexity index is 500. The van der Waals surface area contributed by atoms with Gasteiger partial charge in [0.2, 0.25) is 0 Å². The number of alkyl halides is 3. The molecule has 0 radical (unpaired) electrons. The molecule has 1 atom stereocenters. The molecule has 0 aromatic heterocycles. The van der Waals surface area contributed by atoms with E-state index in [1.54, 1.807) is 0 Å². The minimum Gasteiger partial charge on any atom is -0.486 e. The summed E-state index contributed by atoms with van der Waals surface area (Å²) >= 11 is 0. The minimum atomic E-state index is -4.71. The van der Waals surface area contributed by atoms with E-state index in [2.05, 4.69) is 9.47 Å². The summed E-state index contributed by atoms with van der Waals surface area (Å²) in [4.78, 5) is 11.3. The smallest absolute Gasteiger partial charge is 0.486 e. The molecule has 5 nitrogen and oxygen atoms in total. The highest BCUT2D eigenvalue weighted by Crippen LogP contribution is 2.33. The monoisotopic (exact) mass is 292 g/mol. The minimum absolute atomic E-state index is 0.103. The summed E-state index contributed by atoms with van der Waals surface area (Å²) in [5.74, 6) is -0.0187. The third kappa shape index (κ3) is 3.53. The molecule has 1 aromatic carbocycles. The van der Waals surface area contributed by atoms with Crippen molar-refractivity contribution in [3.05, 3.63) is 23.8 Å². The molecule has 20 heavy (non-hydrogen) atoms. The van der Waals surface area contributed by atoms with Gasteiger partial charge in [0.1, 0.15) is 6.61 Å². The number of hydrogen-bond donors (Lipinski definition) is 0. The molecule has 1 heterocycles. The topological polar surface area (TPSA) is 54.0 Å². The first-order valence-corrected chi connectivity index (χ1v) is 5.61. The molecule has 1 aromatic rings. The Kier molecular flexibility index (Phi) is 4.03. The summed E-state index contributed by atoms with van der Waals surface area (Å²) in [5, 5.41) is 0. The number of rotatable bonds is 3. The molecule has 1 unspecified atom stereocenters. The summed E-state index contributed by atoms with van der Waals surface area (Å²) in [6.45, 7) is -0.768. The summed E-state index contributed by atoms with van der Waals surface area (Å²) in [6, 6.07) is 4.27. The second-order valence-electron chi connectivity index (χ2n) is 3.96. The lowest BCUT2D eigenvalue weighted by Crippen LogP contribution is -2.35. The molecule has 0 aliphatic carbocycles. The van der Waals surface area contributed by atoms with E-state index in [4.69, 9.17) is 9.47 Å². The van der Waals surface area contributed by atoms with Crippen LogP contribution in [0.15, 0.2) is 18.2 Å². The SMILES string of the molecule is COC(=O)c1ccc2c(c1)OCC(COC(F)(F)F)O2. The Labute approximate surface area is 112 Å². The molecule has 8 heteroatoms. The third-order valence-electron chi connectivity index (χ3n) is 2.52. The van der Waals surface area contributed by atoms with Crippen molar-refractivity contribution < 1.29 is 36.9 Å². The fourth-order valence-corrected chi connectivity index (χ4v) is 1.63. The normalized spacial score (nSPS) is 17.7. The molecular formula is C12H11F3O5. The van der Waals surface area contributed by atoms with Gasteiger partial charge in [-0.3, -0.25) is 4.74 Å². The highest BCUT2D eigenvalue weighted by Gasteiger charge is 2.32. The molecule has 0 amide bonds. The van der Waals surface area contributed by atoms with Crippen LogP contribution in [0.2, 0.25) is 0 Å². The average molecular weight is 292 g/mol. The van der Waals surface area contributed by atoms with Gasteiger partial charge in [0, 0.05) is 0 Å². The van der Waals surface area contributed by atoms with Gasteiger partial charge in [0.15, 0.2) is 17.6 Å². The Morgan fingerprint density at radius 2 is 2.15 bits per heavy atom. The zero-order chi connectivity index (χ0) is 14.8. The number of halogens is 3. The zero-order valence-electron chi connectivity index (χ0n) is 10.4. The van der Waals surface area contributed by atoms with Gasteiger partial charge in [0.05, 0.1) is 19.3 Å². The van der Waals surface area contributed by atoms with Crippen LogP contribution in [-0.2, 0) is 9.47 Å². The Morgan fingerprint density at radius 1 is 1.40 bits per heavy atom. The first-order chi connectivity index (χ1) is 9.39. The Balaban J connectivity index is 2.02. The quantitative estimate of drug-likeness (QED) is 0.799. The van der Waals surface area contributed by atoms with Crippen molar-refractivity contribution in [2.45, 2.75) is 12.5 Å². The molecule has 0 N–H and O–H groups in total. The number of carbonyl (C=O) groups is 1. The van der Waals surface area contributed by atoms with E-state index in [-0.39, 0.29) is 23.7 Å². The third-order valence-corrected chi connectivity index (χ3v) is 2.52. The molecule has 0 spiro atoms. The lowest BCUT2D eigenvalue weighted by molar-refractivity contribution is -0.330. The van der Waals surface area contributed by atoms with Crippen LogP contribution in [0.3, 0.4) is 0 Å². The van der Waals surface area contributed by atoms with E-state index in [9.17, 15) is 18.0 Å². The molecule has 1 aliphatic rings. The van der Waals surface area contributed by atoms with Crippen LogP contribution in [-0.4, -0.2) is 38.8 Å². The van der Waals surface area contributed by atoms with E-state index >= 15 is 0 Å². The number of carbonyl (C=O) groups excluding carboxylic acids is 1. The maximum Gasteiger partial charge on any atom is 0.522 e. The average Bonchev–Trinajstić information content (AvgIpc) is 2.42. The van der Waals surface area contributed by atoms with Crippen molar-refractivity contribution in [2.75, 3.05) is 20.3 Å². The summed E-state index contributed by atoms with van der Waals surface area (Å²) in [6.07, 6.45) is -5.58. The lowest BCUT2D eigenvalue weighted by atomic mass is 10.2. The van der Waals surface area contributed by atoms with Crippen LogP contribution in [0.25, 0.3) is 0 Å². The predicted molar refractivity (Wildman–Crippen MR) is 59.7 cm³/mol. The molecular weight excluding hydrogens is 281 g/mol. The number of hydrogen-bond acceptors (Lipinski definition) is 5. The van der Waals surface area contributed by atoms with Crippen molar-refractivity contribution in [2.24, 2.45) is 0 Å². The predicted octanol–water partition coefficient (Wildman–Crippen LogP) is 2.15. The number of ether oxygens (including phenoxy) is 4. The zero-order valence-corrected chi connectivity index (χ0v) is 10.4. The van der Waals surface area contributed by atoms with Crippen molar-refractivity contribution >= 4 is 5.97 Å². The van der Waals surface area contributed by atoms with Crippen LogP contribution in [0.1, 0.15) is 10.4 Å².